The molecule has 2 atom stereocenters. The SMILES string of the molecule is C=CC1CC(c2ccc3ccccc3c2)OC(C(Cl)(Cl)Cl)=N1. The van der Waals surface area contributed by atoms with Crippen LogP contribution in [0.3, 0.4) is 0 Å². The van der Waals surface area contributed by atoms with Gasteiger partial charge in [-0.15, -0.1) is 6.58 Å². The van der Waals surface area contributed by atoms with Gasteiger partial charge in [-0.2, -0.15) is 0 Å². The van der Waals surface area contributed by atoms with Gasteiger partial charge in [0, 0.05) is 6.42 Å². The lowest BCUT2D eigenvalue weighted by Gasteiger charge is -2.30. The van der Waals surface area contributed by atoms with Crippen LogP contribution in [0.2, 0.25) is 0 Å². The van der Waals surface area contributed by atoms with Gasteiger partial charge in [0.25, 0.3) is 3.79 Å². The summed E-state index contributed by atoms with van der Waals surface area (Å²) in [6.45, 7) is 3.79. The van der Waals surface area contributed by atoms with E-state index in [-0.39, 0.29) is 18.0 Å². The minimum absolute atomic E-state index is 0.117. The van der Waals surface area contributed by atoms with Crippen LogP contribution in [0.4, 0.5) is 0 Å². The van der Waals surface area contributed by atoms with Crippen LogP contribution in [0.1, 0.15) is 18.1 Å². The zero-order chi connectivity index (χ0) is 15.7. The Hall–Kier alpha value is -1.22. The summed E-state index contributed by atoms with van der Waals surface area (Å²) in [4.78, 5) is 4.29. The highest BCUT2D eigenvalue weighted by Gasteiger charge is 2.36. The van der Waals surface area contributed by atoms with Crippen LogP contribution in [0.5, 0.6) is 0 Å². The molecule has 0 amide bonds. The third kappa shape index (κ3) is 3.24. The first-order valence-corrected chi connectivity index (χ1v) is 8.03. The summed E-state index contributed by atoms with van der Waals surface area (Å²) < 4.78 is 4.15. The van der Waals surface area contributed by atoms with Crippen molar-refractivity contribution in [3.8, 4) is 0 Å². The van der Waals surface area contributed by atoms with Crippen molar-refractivity contribution in [2.24, 2.45) is 4.99 Å². The molecule has 5 heteroatoms. The molecule has 114 valence electrons. The van der Waals surface area contributed by atoms with E-state index in [1.165, 1.54) is 5.39 Å². The monoisotopic (exact) mass is 353 g/mol. The van der Waals surface area contributed by atoms with E-state index in [4.69, 9.17) is 39.5 Å². The lowest BCUT2D eigenvalue weighted by atomic mass is 9.98. The number of hydrogen-bond acceptors (Lipinski definition) is 2. The Bertz CT molecular complexity index is 736. The lowest BCUT2D eigenvalue weighted by Crippen LogP contribution is -2.31. The van der Waals surface area contributed by atoms with E-state index in [0.717, 1.165) is 10.9 Å². The molecule has 2 unspecified atom stereocenters. The fourth-order valence-electron chi connectivity index (χ4n) is 2.54. The molecule has 0 aliphatic carbocycles. The lowest BCUT2D eigenvalue weighted by molar-refractivity contribution is 0.155. The topological polar surface area (TPSA) is 21.6 Å². The first kappa shape index (κ1) is 15.7. The van der Waals surface area contributed by atoms with Gasteiger partial charge in [-0.05, 0) is 22.4 Å². The second-order valence-electron chi connectivity index (χ2n) is 5.18. The standard InChI is InChI=1S/C17H14Cl3NO/c1-2-14-10-15(22-16(21-14)17(18,19)20)13-8-7-11-5-3-4-6-12(11)9-13/h2-9,14-15H,1,10H2. The Morgan fingerprint density at radius 2 is 1.86 bits per heavy atom. The third-order valence-electron chi connectivity index (χ3n) is 3.65. The van der Waals surface area contributed by atoms with Crippen LogP contribution in [0, 0.1) is 0 Å². The van der Waals surface area contributed by atoms with Crippen molar-refractivity contribution >= 4 is 51.5 Å². The third-order valence-corrected chi connectivity index (χ3v) is 4.14. The summed E-state index contributed by atoms with van der Waals surface area (Å²) in [6.07, 6.45) is 2.20. The highest BCUT2D eigenvalue weighted by Crippen LogP contribution is 2.37. The summed E-state index contributed by atoms with van der Waals surface area (Å²) in [5.74, 6) is 0.117. The summed E-state index contributed by atoms with van der Waals surface area (Å²) >= 11 is 17.8. The molecule has 1 aliphatic rings. The van der Waals surface area contributed by atoms with Gasteiger partial charge >= 0.3 is 0 Å². The van der Waals surface area contributed by atoms with Gasteiger partial charge in [0.05, 0.1) is 6.04 Å². The number of nitrogens with zero attached hydrogens (tertiary/aromatic N) is 1. The van der Waals surface area contributed by atoms with Gasteiger partial charge in [-0.1, -0.05) is 77.3 Å². The van der Waals surface area contributed by atoms with Crippen molar-refractivity contribution in [2.45, 2.75) is 22.4 Å². The van der Waals surface area contributed by atoms with Crippen LogP contribution in [-0.4, -0.2) is 15.7 Å². The number of hydrogen-bond donors (Lipinski definition) is 0. The van der Waals surface area contributed by atoms with E-state index >= 15 is 0 Å². The maximum atomic E-state index is 5.92. The predicted octanol–water partition coefficient (Wildman–Crippen LogP) is 5.62. The van der Waals surface area contributed by atoms with E-state index in [9.17, 15) is 0 Å². The van der Waals surface area contributed by atoms with Crippen LogP contribution < -0.4 is 0 Å². The van der Waals surface area contributed by atoms with E-state index in [2.05, 4.69) is 35.8 Å². The summed E-state index contributed by atoms with van der Waals surface area (Å²) in [5.41, 5.74) is 1.03. The molecule has 0 saturated heterocycles. The van der Waals surface area contributed by atoms with Crippen LogP contribution >= 0.6 is 34.8 Å². The molecule has 0 spiro atoms. The van der Waals surface area contributed by atoms with Crippen molar-refractivity contribution in [1.29, 1.82) is 0 Å². The molecule has 0 saturated carbocycles. The molecule has 3 rings (SSSR count). The molecule has 0 aromatic heterocycles. The van der Waals surface area contributed by atoms with Crippen LogP contribution in [-0.2, 0) is 4.74 Å². The number of halogens is 3. The fourth-order valence-corrected chi connectivity index (χ4v) is 2.82. The molecule has 22 heavy (non-hydrogen) atoms. The second-order valence-corrected chi connectivity index (χ2v) is 7.47. The summed E-state index contributed by atoms with van der Waals surface area (Å²) in [6, 6.07) is 14.2. The first-order valence-electron chi connectivity index (χ1n) is 6.90. The highest BCUT2D eigenvalue weighted by molar-refractivity contribution is 6.76. The minimum Gasteiger partial charge on any atom is -0.470 e. The van der Waals surface area contributed by atoms with Crippen molar-refractivity contribution in [3.63, 3.8) is 0 Å². The normalized spacial score (nSPS) is 22.0. The summed E-state index contributed by atoms with van der Waals surface area (Å²) in [7, 11) is 0. The van der Waals surface area contributed by atoms with Crippen molar-refractivity contribution in [2.75, 3.05) is 0 Å². The maximum Gasteiger partial charge on any atom is 0.266 e. The second kappa shape index (κ2) is 6.11. The Morgan fingerprint density at radius 1 is 1.14 bits per heavy atom. The van der Waals surface area contributed by atoms with Gasteiger partial charge in [-0.25, -0.2) is 4.99 Å². The van der Waals surface area contributed by atoms with E-state index in [0.29, 0.717) is 6.42 Å². The van der Waals surface area contributed by atoms with Gasteiger partial charge in [0.2, 0.25) is 5.90 Å². The number of rotatable bonds is 2. The average Bonchev–Trinajstić information content (AvgIpc) is 2.53. The molecule has 1 aliphatic heterocycles. The maximum absolute atomic E-state index is 5.92. The molecule has 0 bridgehead atoms. The van der Waals surface area contributed by atoms with Crippen LogP contribution in [0.15, 0.2) is 60.1 Å². The van der Waals surface area contributed by atoms with Gasteiger partial charge in [0.1, 0.15) is 6.10 Å². The smallest absolute Gasteiger partial charge is 0.266 e. The van der Waals surface area contributed by atoms with Crippen molar-refractivity contribution < 1.29 is 4.74 Å². The number of fused-ring (bicyclic) bond motifs is 1. The zero-order valence-corrected chi connectivity index (χ0v) is 13.9. The molecular weight excluding hydrogens is 341 g/mol. The molecule has 0 fully saturated rings. The fraction of sp³-hybridized carbons (Fsp3) is 0.235. The van der Waals surface area contributed by atoms with Crippen LogP contribution in [0.25, 0.3) is 10.8 Å². The van der Waals surface area contributed by atoms with E-state index < -0.39 is 3.79 Å². The Kier molecular flexibility index (Phi) is 4.35. The molecule has 2 nitrogen and oxygen atoms in total. The van der Waals surface area contributed by atoms with Gasteiger partial charge in [0.15, 0.2) is 0 Å². The number of ether oxygens (including phenoxy) is 1. The summed E-state index contributed by atoms with van der Waals surface area (Å²) in [5, 5.41) is 2.33. The molecular formula is C17H14Cl3NO. The average molecular weight is 355 g/mol. The Labute approximate surface area is 144 Å². The molecule has 1 heterocycles. The van der Waals surface area contributed by atoms with Gasteiger partial charge in [-0.3, -0.25) is 0 Å². The molecule has 0 N–H and O–H groups in total. The van der Waals surface area contributed by atoms with Gasteiger partial charge < -0.3 is 4.74 Å². The molecule has 2 aromatic carbocycles. The quantitative estimate of drug-likeness (QED) is 0.506. The number of aliphatic imine (C=N–C) groups is 1. The molecule has 0 radical (unpaired) electrons. The van der Waals surface area contributed by atoms with E-state index in [1.807, 2.05) is 18.2 Å². The largest absolute Gasteiger partial charge is 0.470 e. The Balaban J connectivity index is 1.96. The minimum atomic E-state index is -1.67. The predicted molar refractivity (Wildman–Crippen MR) is 94.1 cm³/mol. The number of benzene rings is 2. The highest BCUT2D eigenvalue weighted by atomic mass is 35.6. The first-order chi connectivity index (χ1) is 10.5. The number of alkyl halides is 3. The zero-order valence-electron chi connectivity index (χ0n) is 11.7. The van der Waals surface area contributed by atoms with Crippen molar-refractivity contribution in [1.82, 2.24) is 0 Å². The Morgan fingerprint density at radius 3 is 2.55 bits per heavy atom. The molecule has 2 aromatic rings. The van der Waals surface area contributed by atoms with Crippen molar-refractivity contribution in [3.05, 3.63) is 60.7 Å². The van der Waals surface area contributed by atoms with E-state index in [1.54, 1.807) is 6.08 Å².